The minimum absolute atomic E-state index is 0.181. The van der Waals surface area contributed by atoms with Gasteiger partial charge in [0.25, 0.3) is 0 Å². The van der Waals surface area contributed by atoms with E-state index in [0.717, 1.165) is 62.7 Å². The summed E-state index contributed by atoms with van der Waals surface area (Å²) in [6.45, 7) is 6.00. The Morgan fingerprint density at radius 3 is 2.22 bits per heavy atom. The van der Waals surface area contributed by atoms with Crippen LogP contribution in [0.25, 0.3) is 0 Å². The van der Waals surface area contributed by atoms with Gasteiger partial charge in [0.2, 0.25) is 0 Å². The van der Waals surface area contributed by atoms with E-state index >= 15 is 0 Å². The van der Waals surface area contributed by atoms with E-state index in [-0.39, 0.29) is 24.4 Å². The van der Waals surface area contributed by atoms with E-state index in [0.29, 0.717) is 25.7 Å². The largest absolute Gasteiger partial charge is 0.493 e. The monoisotopic (exact) mass is 502 g/mol. The van der Waals surface area contributed by atoms with E-state index in [1.54, 1.807) is 0 Å². The Morgan fingerprint density at radius 1 is 0.833 bits per heavy atom. The summed E-state index contributed by atoms with van der Waals surface area (Å²) >= 11 is 0. The molecule has 0 bridgehead atoms. The maximum absolute atomic E-state index is 6.63. The molecule has 0 unspecified atom stereocenters. The Hall–Kier alpha value is -1.22. The van der Waals surface area contributed by atoms with Crippen LogP contribution in [-0.4, -0.2) is 55.5 Å². The van der Waals surface area contributed by atoms with Gasteiger partial charge in [-0.1, -0.05) is 38.8 Å². The molecule has 3 heterocycles. The van der Waals surface area contributed by atoms with Crippen molar-refractivity contribution >= 4 is 0 Å². The lowest BCUT2D eigenvalue weighted by Gasteiger charge is -2.35. The number of hydrogen-bond donors (Lipinski definition) is 0. The van der Waals surface area contributed by atoms with Gasteiger partial charge < -0.3 is 33.2 Å². The Balaban J connectivity index is 1.14. The molecule has 7 nitrogen and oxygen atoms in total. The van der Waals surface area contributed by atoms with Gasteiger partial charge in [-0.05, 0) is 49.3 Å². The summed E-state index contributed by atoms with van der Waals surface area (Å²) in [5, 5.41) is 0. The second kappa shape index (κ2) is 10.5. The summed E-state index contributed by atoms with van der Waals surface area (Å²) in [7, 11) is 0. The van der Waals surface area contributed by atoms with Crippen LogP contribution >= 0.6 is 0 Å². The zero-order chi connectivity index (χ0) is 24.6. The van der Waals surface area contributed by atoms with E-state index in [9.17, 15) is 0 Å². The van der Waals surface area contributed by atoms with Crippen molar-refractivity contribution in [3.8, 4) is 5.75 Å². The molecular weight excluding hydrogens is 460 g/mol. The third kappa shape index (κ3) is 5.20. The quantitative estimate of drug-likeness (QED) is 0.489. The minimum atomic E-state index is -0.521. The first-order valence-corrected chi connectivity index (χ1v) is 14.2. The molecular formula is C29H42O7. The third-order valence-electron chi connectivity index (χ3n) is 8.31. The lowest BCUT2D eigenvalue weighted by atomic mass is 9.94. The zero-order valence-electron chi connectivity index (χ0n) is 21.8. The highest BCUT2D eigenvalue weighted by Gasteiger charge is 2.61. The van der Waals surface area contributed by atoms with Crippen molar-refractivity contribution in [1.82, 2.24) is 0 Å². The van der Waals surface area contributed by atoms with E-state index in [1.165, 1.54) is 12.8 Å². The highest BCUT2D eigenvalue weighted by atomic mass is 16.9. The van der Waals surface area contributed by atoms with Gasteiger partial charge in [-0.2, -0.15) is 0 Å². The molecule has 1 aromatic rings. The molecule has 2 saturated carbocycles. The van der Waals surface area contributed by atoms with Gasteiger partial charge in [0.15, 0.2) is 17.9 Å². The molecule has 2 aliphatic carbocycles. The van der Waals surface area contributed by atoms with Crippen molar-refractivity contribution in [2.45, 2.75) is 127 Å². The lowest BCUT2D eigenvalue weighted by molar-refractivity contribution is -0.263. The van der Waals surface area contributed by atoms with Crippen LogP contribution in [0.15, 0.2) is 24.3 Å². The molecule has 3 saturated heterocycles. The molecule has 0 aromatic heterocycles. The van der Waals surface area contributed by atoms with Crippen LogP contribution in [0.5, 0.6) is 5.75 Å². The Morgan fingerprint density at radius 2 is 1.53 bits per heavy atom. The van der Waals surface area contributed by atoms with E-state index in [1.807, 2.05) is 12.1 Å². The Bertz CT molecular complexity index is 859. The molecule has 200 valence electrons. The van der Waals surface area contributed by atoms with Gasteiger partial charge in [-0.25, -0.2) is 0 Å². The topological polar surface area (TPSA) is 64.6 Å². The summed E-state index contributed by atoms with van der Waals surface area (Å²) in [5.41, 5.74) is 1.09. The number of benzene rings is 1. The van der Waals surface area contributed by atoms with Crippen LogP contribution < -0.4 is 4.74 Å². The van der Waals surface area contributed by atoms with Crippen LogP contribution in [0.4, 0.5) is 0 Å². The van der Waals surface area contributed by atoms with E-state index in [2.05, 4.69) is 26.0 Å². The maximum atomic E-state index is 6.63. The summed E-state index contributed by atoms with van der Waals surface area (Å²) in [4.78, 5) is 0. The van der Waals surface area contributed by atoms with Crippen LogP contribution in [0.1, 0.15) is 83.6 Å². The lowest BCUT2D eigenvalue weighted by Crippen LogP contribution is -2.45. The van der Waals surface area contributed by atoms with Crippen molar-refractivity contribution in [2.75, 3.05) is 13.2 Å². The molecule has 0 amide bonds. The molecule has 5 atom stereocenters. The van der Waals surface area contributed by atoms with Gasteiger partial charge in [0, 0.05) is 25.7 Å². The molecule has 7 heteroatoms. The van der Waals surface area contributed by atoms with Crippen LogP contribution in [0.2, 0.25) is 0 Å². The molecule has 0 radical (unpaired) electrons. The average Bonchev–Trinajstić information content (AvgIpc) is 3.54. The predicted octanol–water partition coefficient (Wildman–Crippen LogP) is 5.48. The molecule has 2 spiro atoms. The molecule has 5 fully saturated rings. The van der Waals surface area contributed by atoms with Gasteiger partial charge >= 0.3 is 0 Å². The smallest absolute Gasteiger partial charge is 0.190 e. The minimum Gasteiger partial charge on any atom is -0.493 e. The number of rotatable bonds is 7. The fourth-order valence-corrected chi connectivity index (χ4v) is 6.40. The number of fused-ring (bicyclic) bond motifs is 1. The van der Waals surface area contributed by atoms with E-state index in [4.69, 9.17) is 33.2 Å². The van der Waals surface area contributed by atoms with Crippen molar-refractivity contribution in [1.29, 1.82) is 0 Å². The van der Waals surface area contributed by atoms with Gasteiger partial charge in [-0.15, -0.1) is 0 Å². The van der Waals surface area contributed by atoms with Gasteiger partial charge in [-0.3, -0.25) is 0 Å². The summed E-state index contributed by atoms with van der Waals surface area (Å²) in [6.07, 6.45) is 9.37. The zero-order valence-corrected chi connectivity index (χ0v) is 21.8. The second-order valence-electron chi connectivity index (χ2n) is 11.7. The number of hydrogen-bond acceptors (Lipinski definition) is 7. The summed E-state index contributed by atoms with van der Waals surface area (Å²) in [6, 6.07) is 8.16. The van der Waals surface area contributed by atoms with Gasteiger partial charge in [0.05, 0.1) is 19.8 Å². The SMILES string of the molecule is CC(C)COc1ccc(CO[C@H]2[C@H]3OC4(CCCCC4)O[C@@H]3O[C@@H]2[C@H]2COC3(CCCCC3)O2)cc1. The average molecular weight is 503 g/mol. The molecule has 36 heavy (non-hydrogen) atoms. The van der Waals surface area contributed by atoms with Crippen LogP contribution in [-0.2, 0) is 35.0 Å². The highest BCUT2D eigenvalue weighted by Crippen LogP contribution is 2.48. The maximum Gasteiger partial charge on any atom is 0.190 e. The molecule has 5 aliphatic rings. The standard InChI is InChI=1S/C29H42O7/c1-20(2)17-30-22-11-9-21(10-12-22)18-31-25-24(23-19-32-28(34-23)13-5-3-6-14-28)33-27-26(25)35-29(36-27)15-7-4-8-16-29/h9-12,20,23-27H,3-8,13-19H2,1-2H3/t23-,24-,25-,26-,27+/m1/s1. The van der Waals surface area contributed by atoms with Crippen molar-refractivity contribution in [2.24, 2.45) is 5.92 Å². The normalized spacial score (nSPS) is 35.0. The third-order valence-corrected chi connectivity index (χ3v) is 8.31. The van der Waals surface area contributed by atoms with E-state index < -0.39 is 17.9 Å². The predicted molar refractivity (Wildman–Crippen MR) is 132 cm³/mol. The molecule has 6 rings (SSSR count). The van der Waals surface area contributed by atoms with Crippen molar-refractivity contribution in [3.63, 3.8) is 0 Å². The first-order valence-electron chi connectivity index (χ1n) is 14.2. The number of ether oxygens (including phenoxy) is 7. The first-order chi connectivity index (χ1) is 17.5. The van der Waals surface area contributed by atoms with Crippen LogP contribution in [0, 0.1) is 5.92 Å². The van der Waals surface area contributed by atoms with Crippen molar-refractivity contribution < 1.29 is 33.2 Å². The summed E-state index contributed by atoms with van der Waals surface area (Å²) in [5.74, 6) is 0.409. The van der Waals surface area contributed by atoms with Crippen LogP contribution in [0.3, 0.4) is 0 Å². The first kappa shape index (κ1) is 25.1. The highest BCUT2D eigenvalue weighted by molar-refractivity contribution is 5.27. The molecule has 0 N–H and O–H groups in total. The Labute approximate surface area is 215 Å². The fourth-order valence-electron chi connectivity index (χ4n) is 6.40. The second-order valence-corrected chi connectivity index (χ2v) is 11.7. The molecule has 1 aromatic carbocycles. The Kier molecular flexibility index (Phi) is 7.32. The van der Waals surface area contributed by atoms with Gasteiger partial charge in [0.1, 0.15) is 30.2 Å². The summed E-state index contributed by atoms with van der Waals surface area (Å²) < 4.78 is 44.8. The van der Waals surface area contributed by atoms with Crippen molar-refractivity contribution in [3.05, 3.63) is 29.8 Å². The molecule has 3 aliphatic heterocycles. The fraction of sp³-hybridized carbons (Fsp3) is 0.793.